The number of hydrogen-bond acceptors (Lipinski definition) is 3. The van der Waals surface area contributed by atoms with E-state index in [4.69, 9.17) is 4.42 Å². The molecule has 0 amide bonds. The van der Waals surface area contributed by atoms with E-state index in [1.54, 1.807) is 24.6 Å². The summed E-state index contributed by atoms with van der Waals surface area (Å²) in [6.45, 7) is 2.01. The second-order valence-electron chi connectivity index (χ2n) is 4.41. The van der Waals surface area contributed by atoms with E-state index in [1.165, 1.54) is 12.1 Å². The third kappa shape index (κ3) is 2.29. The summed E-state index contributed by atoms with van der Waals surface area (Å²) < 4.78 is 18.2. The number of hydrogen-bond donors (Lipinski definition) is 1. The number of fused-ring (bicyclic) bond motifs is 1. The van der Waals surface area contributed by atoms with Crippen LogP contribution in [0.1, 0.15) is 18.5 Å². The number of pyridine rings is 1. The highest BCUT2D eigenvalue weighted by molar-refractivity contribution is 5.87. The van der Waals surface area contributed by atoms with E-state index in [2.05, 4.69) is 10.3 Å². The Morgan fingerprint density at radius 1 is 1.16 bits per heavy atom. The van der Waals surface area contributed by atoms with Gasteiger partial charge in [-0.05, 0) is 36.8 Å². The van der Waals surface area contributed by atoms with Crippen LogP contribution in [0.4, 0.5) is 10.2 Å². The fourth-order valence-electron chi connectivity index (χ4n) is 2.05. The molecule has 0 saturated heterocycles. The van der Waals surface area contributed by atoms with Crippen molar-refractivity contribution in [2.45, 2.75) is 13.0 Å². The topological polar surface area (TPSA) is 38.1 Å². The van der Waals surface area contributed by atoms with Crippen LogP contribution in [0, 0.1) is 5.82 Å². The Bertz CT molecular complexity index is 691. The number of nitrogens with zero attached hydrogens (tertiary/aromatic N) is 1. The zero-order valence-electron chi connectivity index (χ0n) is 10.4. The van der Waals surface area contributed by atoms with Crippen LogP contribution in [0.2, 0.25) is 0 Å². The summed E-state index contributed by atoms with van der Waals surface area (Å²) in [5.74, 6) is 0.536. The first-order valence-corrected chi connectivity index (χ1v) is 6.08. The van der Waals surface area contributed by atoms with Gasteiger partial charge in [0.25, 0.3) is 0 Å². The number of anilines is 1. The Kier molecular flexibility index (Phi) is 2.91. The van der Waals surface area contributed by atoms with Crippen molar-refractivity contribution in [3.63, 3.8) is 0 Å². The fraction of sp³-hybridized carbons (Fsp3) is 0.133. The lowest BCUT2D eigenvalue weighted by Gasteiger charge is -2.15. The number of rotatable bonds is 3. The molecule has 0 bridgehead atoms. The second-order valence-corrected chi connectivity index (χ2v) is 4.41. The van der Waals surface area contributed by atoms with Crippen molar-refractivity contribution in [2.75, 3.05) is 5.32 Å². The molecule has 1 aromatic carbocycles. The lowest BCUT2D eigenvalue weighted by molar-refractivity contribution is 0.615. The molecule has 0 spiro atoms. The van der Waals surface area contributed by atoms with E-state index in [0.29, 0.717) is 0 Å². The molecule has 3 rings (SSSR count). The summed E-state index contributed by atoms with van der Waals surface area (Å²) in [7, 11) is 0. The molecule has 1 unspecified atom stereocenters. The molecule has 0 radical (unpaired) electrons. The minimum absolute atomic E-state index is 0.0357. The maximum Gasteiger partial charge on any atom is 0.139 e. The number of halogens is 1. The van der Waals surface area contributed by atoms with Crippen LogP contribution in [-0.2, 0) is 0 Å². The predicted molar refractivity (Wildman–Crippen MR) is 72.4 cm³/mol. The van der Waals surface area contributed by atoms with Crippen molar-refractivity contribution in [2.24, 2.45) is 0 Å². The third-order valence-corrected chi connectivity index (χ3v) is 3.10. The molecule has 96 valence electrons. The number of furan rings is 1. The van der Waals surface area contributed by atoms with E-state index < -0.39 is 0 Å². The summed E-state index contributed by atoms with van der Waals surface area (Å²) >= 11 is 0. The molecule has 0 aliphatic heterocycles. The van der Waals surface area contributed by atoms with Crippen molar-refractivity contribution >= 4 is 16.8 Å². The normalized spacial score (nSPS) is 12.5. The average molecular weight is 256 g/mol. The smallest absolute Gasteiger partial charge is 0.139 e. The Labute approximate surface area is 110 Å². The van der Waals surface area contributed by atoms with Gasteiger partial charge in [0.15, 0.2) is 0 Å². The van der Waals surface area contributed by atoms with Crippen molar-refractivity contribution in [3.05, 3.63) is 60.2 Å². The van der Waals surface area contributed by atoms with Crippen LogP contribution in [0.3, 0.4) is 0 Å². The largest absolute Gasteiger partial charge is 0.464 e. The highest BCUT2D eigenvalue weighted by Gasteiger charge is 2.09. The standard InChI is InChI=1S/C15H13FN2O/c1-10(11-2-4-12(16)5-3-11)18-15-13-7-9-19-14(13)6-8-17-15/h2-10H,1H3,(H,17,18). The maximum absolute atomic E-state index is 12.9. The first kappa shape index (κ1) is 11.7. The van der Waals surface area contributed by atoms with Gasteiger partial charge in [0.1, 0.15) is 17.2 Å². The Morgan fingerprint density at radius 2 is 1.95 bits per heavy atom. The zero-order valence-corrected chi connectivity index (χ0v) is 10.4. The van der Waals surface area contributed by atoms with Gasteiger partial charge in [-0.1, -0.05) is 12.1 Å². The first-order chi connectivity index (χ1) is 9.24. The van der Waals surface area contributed by atoms with Crippen molar-refractivity contribution in [1.29, 1.82) is 0 Å². The molecular formula is C15H13FN2O. The van der Waals surface area contributed by atoms with Crippen molar-refractivity contribution in [3.8, 4) is 0 Å². The molecule has 0 saturated carbocycles. The number of nitrogens with one attached hydrogen (secondary N) is 1. The second kappa shape index (κ2) is 4.72. The summed E-state index contributed by atoms with van der Waals surface area (Å²) in [5, 5.41) is 4.25. The maximum atomic E-state index is 12.9. The molecule has 3 nitrogen and oxygen atoms in total. The van der Waals surface area contributed by atoms with Crippen LogP contribution >= 0.6 is 0 Å². The van der Waals surface area contributed by atoms with Crippen LogP contribution < -0.4 is 5.32 Å². The van der Waals surface area contributed by atoms with E-state index >= 15 is 0 Å². The lowest BCUT2D eigenvalue weighted by Crippen LogP contribution is -2.07. The zero-order chi connectivity index (χ0) is 13.2. The molecule has 4 heteroatoms. The van der Waals surface area contributed by atoms with E-state index in [1.807, 2.05) is 19.1 Å². The number of aromatic nitrogens is 1. The minimum Gasteiger partial charge on any atom is -0.464 e. The van der Waals surface area contributed by atoms with Crippen LogP contribution in [-0.4, -0.2) is 4.98 Å². The molecule has 0 aliphatic rings. The van der Waals surface area contributed by atoms with Gasteiger partial charge < -0.3 is 9.73 Å². The molecule has 2 heterocycles. The summed E-state index contributed by atoms with van der Waals surface area (Å²) in [6.07, 6.45) is 3.34. The Hall–Kier alpha value is -2.36. The van der Waals surface area contributed by atoms with Crippen molar-refractivity contribution < 1.29 is 8.81 Å². The molecule has 1 N–H and O–H groups in total. The van der Waals surface area contributed by atoms with Gasteiger partial charge in [-0.3, -0.25) is 0 Å². The molecule has 0 aliphatic carbocycles. The molecule has 0 fully saturated rings. The highest BCUT2D eigenvalue weighted by atomic mass is 19.1. The third-order valence-electron chi connectivity index (χ3n) is 3.10. The molecule has 3 aromatic rings. The Balaban J connectivity index is 1.88. The molecule has 19 heavy (non-hydrogen) atoms. The van der Waals surface area contributed by atoms with E-state index in [9.17, 15) is 4.39 Å². The van der Waals surface area contributed by atoms with Crippen molar-refractivity contribution in [1.82, 2.24) is 4.98 Å². The van der Waals surface area contributed by atoms with Crippen LogP contribution in [0.15, 0.2) is 53.3 Å². The summed E-state index contributed by atoms with van der Waals surface area (Å²) in [6, 6.07) is 10.2. The number of benzene rings is 1. The molecule has 2 aromatic heterocycles. The van der Waals surface area contributed by atoms with Crippen LogP contribution in [0.25, 0.3) is 11.0 Å². The lowest BCUT2D eigenvalue weighted by atomic mass is 10.1. The fourth-order valence-corrected chi connectivity index (χ4v) is 2.05. The summed E-state index contributed by atoms with van der Waals surface area (Å²) in [4.78, 5) is 4.32. The minimum atomic E-state index is -0.231. The van der Waals surface area contributed by atoms with Gasteiger partial charge >= 0.3 is 0 Å². The van der Waals surface area contributed by atoms with Gasteiger partial charge in [0, 0.05) is 12.2 Å². The van der Waals surface area contributed by atoms with Gasteiger partial charge in [-0.25, -0.2) is 9.37 Å². The Morgan fingerprint density at radius 3 is 2.74 bits per heavy atom. The van der Waals surface area contributed by atoms with E-state index in [0.717, 1.165) is 22.4 Å². The SMILES string of the molecule is CC(Nc1nccc2occc12)c1ccc(F)cc1. The average Bonchev–Trinajstić information content (AvgIpc) is 2.89. The predicted octanol–water partition coefficient (Wildman–Crippen LogP) is 4.14. The highest BCUT2D eigenvalue weighted by Crippen LogP contribution is 2.25. The summed E-state index contributed by atoms with van der Waals surface area (Å²) in [5.41, 5.74) is 1.80. The van der Waals surface area contributed by atoms with Gasteiger partial charge in [0.2, 0.25) is 0 Å². The first-order valence-electron chi connectivity index (χ1n) is 6.08. The van der Waals surface area contributed by atoms with Gasteiger partial charge in [-0.2, -0.15) is 0 Å². The quantitative estimate of drug-likeness (QED) is 0.765. The van der Waals surface area contributed by atoms with Gasteiger partial charge in [-0.15, -0.1) is 0 Å². The van der Waals surface area contributed by atoms with Crippen LogP contribution in [0.5, 0.6) is 0 Å². The van der Waals surface area contributed by atoms with Gasteiger partial charge in [0.05, 0.1) is 11.6 Å². The molecule has 1 atom stereocenters. The van der Waals surface area contributed by atoms with E-state index in [-0.39, 0.29) is 11.9 Å². The molecular weight excluding hydrogens is 243 g/mol. The monoisotopic (exact) mass is 256 g/mol.